The molecule has 2 aliphatic heterocycles. The fraction of sp³-hybridized carbons (Fsp3) is 0.407. The summed E-state index contributed by atoms with van der Waals surface area (Å²) >= 11 is 0. The third kappa shape index (κ3) is 4.47. The third-order valence-corrected chi connectivity index (χ3v) is 7.28. The Morgan fingerprint density at radius 1 is 0.971 bits per heavy atom. The topological polar surface area (TPSA) is 86.4 Å². The lowest BCUT2D eigenvalue weighted by atomic mass is 9.83. The lowest BCUT2D eigenvalue weighted by molar-refractivity contribution is -0.134. The monoisotopic (exact) mass is 458 g/mol. The Morgan fingerprint density at radius 3 is 2.56 bits per heavy atom. The fourth-order valence-electron chi connectivity index (χ4n) is 5.54. The van der Waals surface area contributed by atoms with Crippen LogP contribution in [0.4, 0.5) is 0 Å². The quantitative estimate of drug-likeness (QED) is 0.635. The van der Waals surface area contributed by atoms with Crippen molar-refractivity contribution in [3.05, 3.63) is 76.2 Å². The number of rotatable bonds is 5. The van der Waals surface area contributed by atoms with Crippen molar-refractivity contribution in [2.75, 3.05) is 19.6 Å². The molecule has 0 radical (unpaired) electrons. The van der Waals surface area contributed by atoms with E-state index in [1.807, 2.05) is 34.1 Å². The van der Waals surface area contributed by atoms with Crippen molar-refractivity contribution in [1.29, 1.82) is 0 Å². The van der Waals surface area contributed by atoms with Crippen LogP contribution >= 0.6 is 0 Å². The molecule has 2 saturated heterocycles. The number of fused-ring (bicyclic) bond motifs is 2. The molecule has 0 unspecified atom stereocenters. The molecular weight excluding hydrogens is 428 g/mol. The smallest absolute Gasteiger partial charge is 0.275 e. The number of hydrogen-bond donors (Lipinski definition) is 1. The second-order valence-electron chi connectivity index (χ2n) is 9.38. The van der Waals surface area contributed by atoms with E-state index in [9.17, 15) is 14.4 Å². The number of aromatic nitrogens is 2. The molecule has 5 rings (SSSR count). The number of aromatic amines is 1. The summed E-state index contributed by atoms with van der Waals surface area (Å²) in [7, 11) is 0. The van der Waals surface area contributed by atoms with Crippen molar-refractivity contribution >= 4 is 22.6 Å². The van der Waals surface area contributed by atoms with Gasteiger partial charge < -0.3 is 9.80 Å². The molecule has 176 valence electrons. The number of amides is 2. The van der Waals surface area contributed by atoms with Crippen LogP contribution in [0, 0.1) is 5.92 Å². The van der Waals surface area contributed by atoms with E-state index in [0.29, 0.717) is 42.5 Å². The van der Waals surface area contributed by atoms with Gasteiger partial charge in [0.05, 0.1) is 5.39 Å². The van der Waals surface area contributed by atoms with E-state index in [1.54, 1.807) is 18.2 Å². The molecule has 0 aliphatic carbocycles. The molecule has 2 fully saturated rings. The van der Waals surface area contributed by atoms with E-state index >= 15 is 0 Å². The first-order valence-electron chi connectivity index (χ1n) is 12.2. The maximum atomic E-state index is 13.5. The average molecular weight is 459 g/mol. The summed E-state index contributed by atoms with van der Waals surface area (Å²) in [6.45, 7) is 2.06. The van der Waals surface area contributed by atoms with Crippen LogP contribution in [0.2, 0.25) is 0 Å². The Morgan fingerprint density at radius 2 is 1.74 bits per heavy atom. The molecule has 0 bridgehead atoms. The van der Waals surface area contributed by atoms with Crippen molar-refractivity contribution < 1.29 is 9.59 Å². The minimum absolute atomic E-state index is 0.0992. The molecular formula is C27H30N4O3. The minimum atomic E-state index is -0.289. The predicted octanol–water partition coefficient (Wildman–Crippen LogP) is 3.40. The summed E-state index contributed by atoms with van der Waals surface area (Å²) in [4.78, 5) is 42.5. The molecule has 2 aromatic carbocycles. The van der Waals surface area contributed by atoms with Gasteiger partial charge in [-0.05, 0) is 49.7 Å². The standard InChI is InChI=1S/C27H30N4O3/c32-24(14-6-10-19-8-2-1-3-9-19)30-17-15-23-20(18-30)11-7-16-31(23)27(34)25-21-12-4-5-13-22(21)26(33)29-28-25/h1-5,8-9,12-13,20,23H,6-7,10-11,14-18H2,(H,29,33)/t20-,23+/m1/s1. The Balaban J connectivity index is 1.24. The maximum absolute atomic E-state index is 13.5. The number of carbonyl (C=O) groups is 2. The average Bonchev–Trinajstić information content (AvgIpc) is 2.88. The molecule has 7 nitrogen and oxygen atoms in total. The highest BCUT2D eigenvalue weighted by Gasteiger charge is 2.40. The lowest BCUT2D eigenvalue weighted by Crippen LogP contribution is -2.56. The molecule has 0 saturated carbocycles. The summed E-state index contributed by atoms with van der Waals surface area (Å²) in [5.74, 6) is 0.356. The number of likely N-dealkylation sites (tertiary alicyclic amines) is 2. The van der Waals surface area contributed by atoms with E-state index in [0.717, 1.165) is 32.1 Å². The number of nitrogens with zero attached hydrogens (tertiary/aromatic N) is 3. The zero-order valence-electron chi connectivity index (χ0n) is 19.3. The first kappa shape index (κ1) is 22.3. The van der Waals surface area contributed by atoms with E-state index in [1.165, 1.54) is 5.56 Å². The second-order valence-corrected chi connectivity index (χ2v) is 9.38. The zero-order valence-corrected chi connectivity index (χ0v) is 19.3. The first-order valence-corrected chi connectivity index (χ1v) is 12.2. The van der Waals surface area contributed by atoms with Gasteiger partial charge in [-0.15, -0.1) is 0 Å². The van der Waals surface area contributed by atoms with Gasteiger partial charge in [0.15, 0.2) is 5.69 Å². The highest BCUT2D eigenvalue weighted by molar-refractivity contribution is 6.04. The molecule has 34 heavy (non-hydrogen) atoms. The lowest BCUT2D eigenvalue weighted by Gasteiger charge is -2.47. The normalized spacial score (nSPS) is 20.2. The van der Waals surface area contributed by atoms with Gasteiger partial charge in [0.2, 0.25) is 5.91 Å². The van der Waals surface area contributed by atoms with Crippen LogP contribution in [0.3, 0.4) is 0 Å². The van der Waals surface area contributed by atoms with Crippen molar-refractivity contribution in [2.45, 2.75) is 44.6 Å². The largest absolute Gasteiger partial charge is 0.342 e. The van der Waals surface area contributed by atoms with Crippen LogP contribution in [-0.4, -0.2) is 57.5 Å². The van der Waals surface area contributed by atoms with E-state index in [2.05, 4.69) is 22.3 Å². The zero-order chi connectivity index (χ0) is 23.5. The number of piperidine rings is 2. The van der Waals surface area contributed by atoms with E-state index in [-0.39, 0.29) is 29.3 Å². The van der Waals surface area contributed by atoms with Crippen LogP contribution in [0.1, 0.15) is 48.2 Å². The Kier molecular flexibility index (Phi) is 6.43. The van der Waals surface area contributed by atoms with Crippen LogP contribution in [0.25, 0.3) is 10.8 Å². The summed E-state index contributed by atoms with van der Waals surface area (Å²) < 4.78 is 0. The second kappa shape index (κ2) is 9.79. The van der Waals surface area contributed by atoms with Gasteiger partial charge in [-0.3, -0.25) is 14.4 Å². The molecule has 3 aromatic rings. The van der Waals surface area contributed by atoms with Crippen molar-refractivity contribution in [1.82, 2.24) is 20.0 Å². The summed E-state index contributed by atoms with van der Waals surface area (Å²) in [5.41, 5.74) is 1.27. The van der Waals surface area contributed by atoms with Crippen molar-refractivity contribution in [3.63, 3.8) is 0 Å². The highest BCUT2D eigenvalue weighted by atomic mass is 16.2. The van der Waals surface area contributed by atoms with Gasteiger partial charge in [0, 0.05) is 37.5 Å². The van der Waals surface area contributed by atoms with Crippen molar-refractivity contribution in [2.24, 2.45) is 5.92 Å². The summed E-state index contributed by atoms with van der Waals surface area (Å²) in [5, 5.41) is 7.67. The number of hydrogen-bond acceptors (Lipinski definition) is 4. The first-order chi connectivity index (χ1) is 16.6. The predicted molar refractivity (Wildman–Crippen MR) is 130 cm³/mol. The van der Waals surface area contributed by atoms with Crippen LogP contribution in [0.15, 0.2) is 59.4 Å². The SMILES string of the molecule is O=C(CCCc1ccccc1)N1CC[C@H]2[C@H](CCCN2C(=O)c2n[nH]c(=O)c3ccccc23)C1. The minimum Gasteiger partial charge on any atom is -0.342 e. The molecule has 2 aliphatic rings. The van der Waals surface area contributed by atoms with Gasteiger partial charge in [-0.1, -0.05) is 48.5 Å². The number of carbonyl (C=O) groups excluding carboxylic acids is 2. The molecule has 3 heterocycles. The van der Waals surface area contributed by atoms with E-state index < -0.39 is 0 Å². The molecule has 7 heteroatoms. The Labute approximate surface area is 198 Å². The summed E-state index contributed by atoms with van der Waals surface area (Å²) in [6, 6.07) is 17.5. The third-order valence-electron chi connectivity index (χ3n) is 7.28. The Bertz CT molecular complexity index is 1240. The molecule has 2 atom stereocenters. The highest BCUT2D eigenvalue weighted by Crippen LogP contribution is 2.32. The van der Waals surface area contributed by atoms with Crippen molar-refractivity contribution in [3.8, 4) is 0 Å². The Hall–Kier alpha value is -3.48. The van der Waals surface area contributed by atoms with Gasteiger partial charge >= 0.3 is 0 Å². The number of H-pyrrole nitrogens is 1. The van der Waals surface area contributed by atoms with Gasteiger partial charge in [-0.25, -0.2) is 5.10 Å². The number of aryl methyl sites for hydroxylation is 1. The van der Waals surface area contributed by atoms with Crippen LogP contribution in [-0.2, 0) is 11.2 Å². The summed E-state index contributed by atoms with van der Waals surface area (Å²) in [6.07, 6.45) is 5.02. The fourth-order valence-corrected chi connectivity index (χ4v) is 5.54. The van der Waals surface area contributed by atoms with Crippen LogP contribution < -0.4 is 5.56 Å². The molecule has 1 aromatic heterocycles. The maximum Gasteiger partial charge on any atom is 0.275 e. The van der Waals surface area contributed by atoms with Gasteiger partial charge in [0.25, 0.3) is 11.5 Å². The van der Waals surface area contributed by atoms with Gasteiger partial charge in [-0.2, -0.15) is 5.10 Å². The molecule has 1 N–H and O–H groups in total. The number of nitrogens with one attached hydrogen (secondary N) is 1. The van der Waals surface area contributed by atoms with E-state index in [4.69, 9.17) is 0 Å². The number of benzene rings is 2. The van der Waals surface area contributed by atoms with Crippen LogP contribution in [0.5, 0.6) is 0 Å². The molecule has 0 spiro atoms. The molecule has 2 amide bonds. The van der Waals surface area contributed by atoms with Gasteiger partial charge in [0.1, 0.15) is 0 Å².